The molecule has 1 amide bonds. The fourth-order valence-electron chi connectivity index (χ4n) is 3.94. The van der Waals surface area contributed by atoms with Gasteiger partial charge in [0.1, 0.15) is 0 Å². The summed E-state index contributed by atoms with van der Waals surface area (Å²) in [5.74, 6) is 2.73. The molecule has 2 aromatic rings. The molecular weight excluding hydrogens is 370 g/mol. The molecule has 0 aromatic heterocycles. The molecule has 0 unspecified atom stereocenters. The lowest BCUT2D eigenvalue weighted by Crippen LogP contribution is -2.41. The molecule has 1 fully saturated rings. The van der Waals surface area contributed by atoms with Crippen molar-refractivity contribution in [1.29, 1.82) is 0 Å². The van der Waals surface area contributed by atoms with E-state index in [0.717, 1.165) is 42.7 Å². The monoisotopic (exact) mass is 397 g/mol. The molecule has 6 heteroatoms. The maximum Gasteiger partial charge on any atom is 0.261 e. The molecule has 1 heterocycles. The predicted molar refractivity (Wildman–Crippen MR) is 108 cm³/mol. The van der Waals surface area contributed by atoms with Gasteiger partial charge in [0.2, 0.25) is 6.79 Å². The first-order valence-electron chi connectivity index (χ1n) is 10.3. The molecule has 2 aromatic carbocycles. The Bertz CT molecular complexity index is 847. The van der Waals surface area contributed by atoms with Crippen molar-refractivity contribution < 1.29 is 23.7 Å². The van der Waals surface area contributed by atoms with E-state index >= 15 is 0 Å². The maximum atomic E-state index is 13.1. The number of benzene rings is 2. The van der Waals surface area contributed by atoms with Crippen LogP contribution < -0.4 is 18.9 Å². The van der Waals surface area contributed by atoms with Crippen LogP contribution in [0.4, 0.5) is 0 Å². The lowest BCUT2D eigenvalue weighted by atomic mass is 10.1. The summed E-state index contributed by atoms with van der Waals surface area (Å²) < 4.78 is 22.3. The van der Waals surface area contributed by atoms with E-state index in [1.54, 1.807) is 0 Å². The van der Waals surface area contributed by atoms with E-state index in [1.165, 1.54) is 0 Å². The standard InChI is InChI=1S/C23H27NO5/c1-2-26-19-9-5-6-10-20(19)27-15-23(25)24(18-7-3-4-8-18)14-17-11-12-21-22(13-17)29-16-28-21/h5-6,9-13,18H,2-4,7-8,14-16H2,1H3. The lowest BCUT2D eigenvalue weighted by molar-refractivity contribution is -0.136. The van der Waals surface area contributed by atoms with E-state index in [-0.39, 0.29) is 25.3 Å². The quantitative estimate of drug-likeness (QED) is 0.669. The Hall–Kier alpha value is -2.89. The van der Waals surface area contributed by atoms with Crippen molar-refractivity contribution in [2.75, 3.05) is 20.0 Å². The van der Waals surface area contributed by atoms with Crippen molar-refractivity contribution >= 4 is 5.91 Å². The minimum atomic E-state index is -0.0131. The third kappa shape index (κ3) is 4.58. The van der Waals surface area contributed by atoms with Gasteiger partial charge in [0.15, 0.2) is 29.6 Å². The lowest BCUT2D eigenvalue weighted by Gasteiger charge is -2.29. The number of hydrogen-bond acceptors (Lipinski definition) is 5. The summed E-state index contributed by atoms with van der Waals surface area (Å²) in [5, 5.41) is 0. The molecule has 4 rings (SSSR count). The largest absolute Gasteiger partial charge is 0.490 e. The van der Waals surface area contributed by atoms with E-state index in [9.17, 15) is 4.79 Å². The van der Waals surface area contributed by atoms with Crippen LogP contribution in [0.25, 0.3) is 0 Å². The Morgan fingerprint density at radius 1 is 1.03 bits per heavy atom. The van der Waals surface area contributed by atoms with Crippen molar-refractivity contribution in [3.05, 3.63) is 48.0 Å². The van der Waals surface area contributed by atoms with Gasteiger partial charge in [0.25, 0.3) is 5.91 Å². The molecule has 154 valence electrons. The Morgan fingerprint density at radius 3 is 2.52 bits per heavy atom. The second-order valence-electron chi connectivity index (χ2n) is 7.32. The van der Waals surface area contributed by atoms with Crippen molar-refractivity contribution in [3.63, 3.8) is 0 Å². The molecular formula is C23H27NO5. The van der Waals surface area contributed by atoms with Crippen LogP contribution in [0.3, 0.4) is 0 Å². The summed E-state index contributed by atoms with van der Waals surface area (Å²) in [7, 11) is 0. The average molecular weight is 397 g/mol. The van der Waals surface area contributed by atoms with Crippen LogP contribution in [0.2, 0.25) is 0 Å². The van der Waals surface area contributed by atoms with E-state index in [1.807, 2.05) is 54.3 Å². The van der Waals surface area contributed by atoms with Crippen LogP contribution in [0.5, 0.6) is 23.0 Å². The molecule has 0 spiro atoms. The molecule has 0 N–H and O–H groups in total. The summed E-state index contributed by atoms with van der Waals surface area (Å²) in [6.45, 7) is 3.25. The minimum absolute atomic E-state index is 0.00879. The number of nitrogens with zero attached hydrogens (tertiary/aromatic N) is 1. The number of ether oxygens (including phenoxy) is 4. The van der Waals surface area contributed by atoms with Crippen molar-refractivity contribution in [3.8, 4) is 23.0 Å². The normalized spacial score (nSPS) is 15.3. The number of carbonyl (C=O) groups is 1. The van der Waals surface area contributed by atoms with Gasteiger partial charge in [-0.1, -0.05) is 31.0 Å². The van der Waals surface area contributed by atoms with Gasteiger partial charge in [-0.15, -0.1) is 0 Å². The van der Waals surface area contributed by atoms with Crippen molar-refractivity contribution in [2.45, 2.75) is 45.2 Å². The summed E-state index contributed by atoms with van der Waals surface area (Å²) >= 11 is 0. The van der Waals surface area contributed by atoms with Gasteiger partial charge in [-0.3, -0.25) is 4.79 Å². The molecule has 1 saturated carbocycles. The van der Waals surface area contributed by atoms with E-state index in [0.29, 0.717) is 24.7 Å². The van der Waals surface area contributed by atoms with Gasteiger partial charge in [-0.2, -0.15) is 0 Å². The highest BCUT2D eigenvalue weighted by Crippen LogP contribution is 2.34. The smallest absolute Gasteiger partial charge is 0.261 e. The number of amides is 1. The summed E-state index contributed by atoms with van der Waals surface area (Å²) in [4.78, 5) is 15.1. The molecule has 1 aliphatic heterocycles. The number of carbonyl (C=O) groups excluding carboxylic acids is 1. The molecule has 0 bridgehead atoms. The molecule has 1 aliphatic carbocycles. The second-order valence-corrected chi connectivity index (χ2v) is 7.32. The van der Waals surface area contributed by atoms with Crippen molar-refractivity contribution in [1.82, 2.24) is 4.90 Å². The van der Waals surface area contributed by atoms with Crippen molar-refractivity contribution in [2.24, 2.45) is 0 Å². The van der Waals surface area contributed by atoms with Gasteiger partial charge in [0.05, 0.1) is 6.61 Å². The summed E-state index contributed by atoms with van der Waals surface area (Å²) in [5.41, 5.74) is 1.03. The molecule has 6 nitrogen and oxygen atoms in total. The third-order valence-electron chi connectivity index (χ3n) is 5.38. The second kappa shape index (κ2) is 9.07. The zero-order valence-electron chi connectivity index (χ0n) is 16.8. The van der Waals surface area contributed by atoms with E-state index in [2.05, 4.69) is 0 Å². The van der Waals surface area contributed by atoms with E-state index in [4.69, 9.17) is 18.9 Å². The Morgan fingerprint density at radius 2 is 1.76 bits per heavy atom. The first-order valence-corrected chi connectivity index (χ1v) is 10.3. The highest BCUT2D eigenvalue weighted by Gasteiger charge is 2.28. The molecule has 2 aliphatic rings. The number of para-hydroxylation sites is 2. The van der Waals surface area contributed by atoms with Crippen LogP contribution in [-0.2, 0) is 11.3 Å². The Balaban J connectivity index is 1.46. The topological polar surface area (TPSA) is 57.2 Å². The molecule has 0 saturated heterocycles. The average Bonchev–Trinajstić information content (AvgIpc) is 3.43. The van der Waals surface area contributed by atoms with E-state index < -0.39 is 0 Å². The number of fused-ring (bicyclic) bond motifs is 1. The van der Waals surface area contributed by atoms with Gasteiger partial charge in [0, 0.05) is 12.6 Å². The summed E-state index contributed by atoms with van der Waals surface area (Å²) in [6.07, 6.45) is 4.38. The van der Waals surface area contributed by atoms with Gasteiger partial charge >= 0.3 is 0 Å². The highest BCUT2D eigenvalue weighted by molar-refractivity contribution is 5.78. The highest BCUT2D eigenvalue weighted by atomic mass is 16.7. The fourth-order valence-corrected chi connectivity index (χ4v) is 3.94. The molecule has 0 radical (unpaired) electrons. The zero-order chi connectivity index (χ0) is 20.1. The van der Waals surface area contributed by atoms with Gasteiger partial charge in [-0.05, 0) is 49.6 Å². The Labute approximate surface area is 171 Å². The van der Waals surface area contributed by atoms with Crippen LogP contribution in [0, 0.1) is 0 Å². The third-order valence-corrected chi connectivity index (χ3v) is 5.38. The fraction of sp³-hybridized carbons (Fsp3) is 0.435. The van der Waals surface area contributed by atoms with Crippen LogP contribution in [0.1, 0.15) is 38.2 Å². The first-order chi connectivity index (χ1) is 14.2. The zero-order valence-corrected chi connectivity index (χ0v) is 16.8. The minimum Gasteiger partial charge on any atom is -0.490 e. The number of hydrogen-bond donors (Lipinski definition) is 0. The van der Waals surface area contributed by atoms with Gasteiger partial charge in [-0.25, -0.2) is 0 Å². The Kier molecular flexibility index (Phi) is 6.08. The predicted octanol–water partition coefficient (Wildman–Crippen LogP) is 4.16. The van der Waals surface area contributed by atoms with Crippen LogP contribution in [0.15, 0.2) is 42.5 Å². The summed E-state index contributed by atoms with van der Waals surface area (Å²) in [6, 6.07) is 13.6. The first kappa shape index (κ1) is 19.4. The van der Waals surface area contributed by atoms with Crippen LogP contribution >= 0.6 is 0 Å². The van der Waals surface area contributed by atoms with Crippen LogP contribution in [-0.4, -0.2) is 36.9 Å². The molecule has 0 atom stereocenters. The maximum absolute atomic E-state index is 13.1. The SMILES string of the molecule is CCOc1ccccc1OCC(=O)N(Cc1ccc2c(c1)OCO2)C1CCCC1. The number of rotatable bonds is 8. The van der Waals surface area contributed by atoms with Gasteiger partial charge < -0.3 is 23.8 Å². The molecule has 29 heavy (non-hydrogen) atoms.